The molecule has 0 saturated carbocycles. The van der Waals surface area contributed by atoms with Crippen molar-refractivity contribution in [1.82, 2.24) is 14.5 Å². The van der Waals surface area contributed by atoms with Crippen molar-refractivity contribution in [3.05, 3.63) is 46.5 Å². The largest absolute Gasteiger partial charge is 0.459 e. The van der Waals surface area contributed by atoms with Crippen molar-refractivity contribution in [2.45, 2.75) is 26.4 Å². The standard InChI is InChI=1S/C18H19Cl2N3O3/c1-12(24)22-9-7-13(8-10-22)17(25)26-11-15-16(19)21-18(20)23(15)14-5-3-2-4-6-14/h2-6,13H,7-11H2,1H3. The zero-order chi connectivity index (χ0) is 18.7. The Balaban J connectivity index is 1.67. The molecular weight excluding hydrogens is 377 g/mol. The van der Waals surface area contributed by atoms with Gasteiger partial charge in [0.2, 0.25) is 11.2 Å². The molecule has 1 aliphatic heterocycles. The number of carbonyl (C=O) groups is 2. The summed E-state index contributed by atoms with van der Waals surface area (Å²) in [7, 11) is 0. The number of amides is 1. The van der Waals surface area contributed by atoms with Crippen molar-refractivity contribution < 1.29 is 14.3 Å². The van der Waals surface area contributed by atoms with E-state index < -0.39 is 0 Å². The summed E-state index contributed by atoms with van der Waals surface area (Å²) in [6, 6.07) is 9.37. The Morgan fingerprint density at radius 2 is 1.85 bits per heavy atom. The quantitative estimate of drug-likeness (QED) is 0.743. The number of esters is 1. The van der Waals surface area contributed by atoms with Crippen molar-refractivity contribution in [2.75, 3.05) is 13.1 Å². The first kappa shape index (κ1) is 18.7. The number of para-hydroxylation sites is 1. The second kappa shape index (κ2) is 8.10. The SMILES string of the molecule is CC(=O)N1CCC(C(=O)OCc2c(Cl)nc(Cl)n2-c2ccccc2)CC1. The van der Waals surface area contributed by atoms with Crippen LogP contribution in [0.2, 0.25) is 10.4 Å². The fraction of sp³-hybridized carbons (Fsp3) is 0.389. The van der Waals surface area contributed by atoms with E-state index in [1.54, 1.807) is 9.47 Å². The maximum atomic E-state index is 12.4. The Labute approximate surface area is 161 Å². The van der Waals surface area contributed by atoms with Gasteiger partial charge < -0.3 is 9.64 Å². The van der Waals surface area contributed by atoms with Gasteiger partial charge in [-0.2, -0.15) is 0 Å². The predicted molar refractivity (Wildman–Crippen MR) is 98.4 cm³/mol. The van der Waals surface area contributed by atoms with Gasteiger partial charge in [-0.1, -0.05) is 29.8 Å². The second-order valence-corrected chi connectivity index (χ2v) is 6.87. The zero-order valence-corrected chi connectivity index (χ0v) is 15.8. The molecule has 6 nitrogen and oxygen atoms in total. The number of nitrogens with zero attached hydrogens (tertiary/aromatic N) is 3. The molecule has 0 spiro atoms. The molecule has 0 N–H and O–H groups in total. The number of ether oxygens (including phenoxy) is 1. The van der Waals surface area contributed by atoms with E-state index in [4.69, 9.17) is 27.9 Å². The first-order valence-electron chi connectivity index (χ1n) is 8.37. The van der Waals surface area contributed by atoms with Gasteiger partial charge >= 0.3 is 5.97 Å². The van der Waals surface area contributed by atoms with Gasteiger partial charge in [0.15, 0.2) is 5.15 Å². The van der Waals surface area contributed by atoms with Crippen molar-refractivity contribution in [2.24, 2.45) is 5.92 Å². The van der Waals surface area contributed by atoms with E-state index in [9.17, 15) is 9.59 Å². The van der Waals surface area contributed by atoms with E-state index in [-0.39, 0.29) is 34.8 Å². The molecule has 2 heterocycles. The number of rotatable bonds is 4. The lowest BCUT2D eigenvalue weighted by Gasteiger charge is -2.30. The summed E-state index contributed by atoms with van der Waals surface area (Å²) in [4.78, 5) is 29.6. The number of aromatic nitrogens is 2. The van der Waals surface area contributed by atoms with Crippen LogP contribution in [-0.4, -0.2) is 39.4 Å². The molecule has 0 aliphatic carbocycles. The fourth-order valence-corrected chi connectivity index (χ4v) is 3.60. The van der Waals surface area contributed by atoms with E-state index in [0.29, 0.717) is 31.6 Å². The van der Waals surface area contributed by atoms with Gasteiger partial charge in [-0.3, -0.25) is 14.2 Å². The van der Waals surface area contributed by atoms with Crippen LogP contribution in [-0.2, 0) is 20.9 Å². The van der Waals surface area contributed by atoms with Gasteiger partial charge in [0.05, 0.1) is 5.92 Å². The number of benzene rings is 1. The molecule has 0 radical (unpaired) electrons. The van der Waals surface area contributed by atoms with Crippen LogP contribution >= 0.6 is 23.2 Å². The molecule has 138 valence electrons. The van der Waals surface area contributed by atoms with Crippen molar-refractivity contribution in [3.63, 3.8) is 0 Å². The summed E-state index contributed by atoms with van der Waals surface area (Å²) < 4.78 is 7.14. The Morgan fingerprint density at radius 3 is 2.46 bits per heavy atom. The Morgan fingerprint density at radius 1 is 1.19 bits per heavy atom. The highest BCUT2D eigenvalue weighted by molar-refractivity contribution is 6.33. The second-order valence-electron chi connectivity index (χ2n) is 6.18. The minimum atomic E-state index is -0.291. The molecule has 8 heteroatoms. The molecule has 0 bridgehead atoms. The van der Waals surface area contributed by atoms with Crippen LogP contribution < -0.4 is 0 Å². The average molecular weight is 396 g/mol. The van der Waals surface area contributed by atoms with Gasteiger partial charge in [0, 0.05) is 25.7 Å². The lowest BCUT2D eigenvalue weighted by molar-refractivity contribution is -0.153. The number of likely N-dealkylation sites (tertiary alicyclic amines) is 1. The lowest BCUT2D eigenvalue weighted by Crippen LogP contribution is -2.39. The van der Waals surface area contributed by atoms with Crippen molar-refractivity contribution >= 4 is 35.1 Å². The third kappa shape index (κ3) is 4.02. The molecule has 0 unspecified atom stereocenters. The molecule has 26 heavy (non-hydrogen) atoms. The molecular formula is C18H19Cl2N3O3. The summed E-state index contributed by atoms with van der Waals surface area (Å²) in [6.45, 7) is 2.67. The van der Waals surface area contributed by atoms with E-state index >= 15 is 0 Å². The molecule has 1 amide bonds. The van der Waals surface area contributed by atoms with Crippen LogP contribution in [0.5, 0.6) is 0 Å². The highest BCUT2D eigenvalue weighted by Gasteiger charge is 2.28. The highest BCUT2D eigenvalue weighted by atomic mass is 35.5. The van der Waals surface area contributed by atoms with Crippen LogP contribution in [0.15, 0.2) is 30.3 Å². The predicted octanol–water partition coefficient (Wildman–Crippen LogP) is 3.48. The zero-order valence-electron chi connectivity index (χ0n) is 14.3. The van der Waals surface area contributed by atoms with Crippen LogP contribution in [0.25, 0.3) is 5.69 Å². The third-order valence-electron chi connectivity index (χ3n) is 4.52. The first-order valence-corrected chi connectivity index (χ1v) is 9.13. The molecule has 3 rings (SSSR count). The Bertz CT molecular complexity index is 800. The third-order valence-corrected chi connectivity index (χ3v) is 5.08. The van der Waals surface area contributed by atoms with E-state index in [1.165, 1.54) is 6.92 Å². The summed E-state index contributed by atoms with van der Waals surface area (Å²) >= 11 is 12.4. The van der Waals surface area contributed by atoms with Gasteiger partial charge in [-0.15, -0.1) is 0 Å². The maximum Gasteiger partial charge on any atom is 0.309 e. The normalized spacial score (nSPS) is 15.1. The number of piperidine rings is 1. The molecule has 1 aromatic carbocycles. The monoisotopic (exact) mass is 395 g/mol. The average Bonchev–Trinajstić information content (AvgIpc) is 2.93. The van der Waals surface area contributed by atoms with Gasteiger partial charge in [0.25, 0.3) is 0 Å². The first-order chi connectivity index (χ1) is 12.5. The lowest BCUT2D eigenvalue weighted by atomic mass is 9.97. The van der Waals surface area contributed by atoms with Crippen LogP contribution in [0.4, 0.5) is 0 Å². The molecule has 1 aliphatic rings. The minimum absolute atomic E-state index is 0.0147. The van der Waals surface area contributed by atoms with E-state index in [0.717, 1.165) is 5.69 Å². The molecule has 0 atom stereocenters. The number of hydrogen-bond acceptors (Lipinski definition) is 4. The summed E-state index contributed by atoms with van der Waals surface area (Å²) in [5.74, 6) is -0.473. The fourth-order valence-electron chi connectivity index (χ4n) is 3.05. The Hall–Kier alpha value is -2.05. The van der Waals surface area contributed by atoms with Crippen LogP contribution in [0.3, 0.4) is 0 Å². The molecule has 1 saturated heterocycles. The number of imidazole rings is 1. The summed E-state index contributed by atoms with van der Waals surface area (Å²) in [6.07, 6.45) is 1.20. The summed E-state index contributed by atoms with van der Waals surface area (Å²) in [5, 5.41) is 0.417. The van der Waals surface area contributed by atoms with Gasteiger partial charge in [-0.05, 0) is 36.6 Å². The maximum absolute atomic E-state index is 12.4. The van der Waals surface area contributed by atoms with Crippen molar-refractivity contribution in [1.29, 1.82) is 0 Å². The van der Waals surface area contributed by atoms with E-state index in [1.807, 2.05) is 30.3 Å². The molecule has 1 fully saturated rings. The van der Waals surface area contributed by atoms with Crippen molar-refractivity contribution in [3.8, 4) is 5.69 Å². The highest BCUT2D eigenvalue weighted by Crippen LogP contribution is 2.27. The van der Waals surface area contributed by atoms with Gasteiger partial charge in [0.1, 0.15) is 12.3 Å². The summed E-state index contributed by atoms with van der Waals surface area (Å²) in [5.41, 5.74) is 1.31. The Kier molecular flexibility index (Phi) is 5.84. The number of hydrogen-bond donors (Lipinski definition) is 0. The van der Waals surface area contributed by atoms with Gasteiger partial charge in [-0.25, -0.2) is 4.98 Å². The number of carbonyl (C=O) groups excluding carboxylic acids is 2. The topological polar surface area (TPSA) is 64.4 Å². The smallest absolute Gasteiger partial charge is 0.309 e. The molecule has 1 aromatic heterocycles. The van der Waals surface area contributed by atoms with E-state index in [2.05, 4.69) is 4.98 Å². The number of halogens is 2. The minimum Gasteiger partial charge on any atom is -0.459 e. The van der Waals surface area contributed by atoms with Crippen LogP contribution in [0, 0.1) is 5.92 Å². The van der Waals surface area contributed by atoms with Crippen LogP contribution in [0.1, 0.15) is 25.5 Å². The molecule has 2 aromatic rings.